The molecule has 0 amide bonds. The van der Waals surface area contributed by atoms with Crippen LogP contribution in [0.1, 0.15) is 20.8 Å². The van der Waals surface area contributed by atoms with Crippen LogP contribution in [0, 0.1) is 17.1 Å². The smallest absolute Gasteiger partial charge is 0.348 e. The largest absolute Gasteiger partial charge is 0.486 e. The number of benzene rings is 2. The highest BCUT2D eigenvalue weighted by atomic mass is 32.1. The van der Waals surface area contributed by atoms with E-state index in [2.05, 4.69) is 0 Å². The summed E-state index contributed by atoms with van der Waals surface area (Å²) in [6.45, 7) is 0.833. The van der Waals surface area contributed by atoms with Crippen LogP contribution >= 0.6 is 11.3 Å². The van der Waals surface area contributed by atoms with Crippen LogP contribution in [0.5, 0.6) is 11.5 Å². The van der Waals surface area contributed by atoms with Crippen molar-refractivity contribution in [3.63, 3.8) is 0 Å². The number of esters is 1. The Morgan fingerprint density at radius 2 is 1.93 bits per heavy atom. The van der Waals surface area contributed by atoms with E-state index in [1.807, 2.05) is 30.3 Å². The van der Waals surface area contributed by atoms with Crippen LogP contribution in [-0.2, 0) is 11.3 Å². The van der Waals surface area contributed by atoms with Crippen molar-refractivity contribution >= 4 is 17.3 Å². The summed E-state index contributed by atoms with van der Waals surface area (Å²) in [7, 11) is 0. The van der Waals surface area contributed by atoms with Gasteiger partial charge >= 0.3 is 5.97 Å². The van der Waals surface area contributed by atoms with Gasteiger partial charge in [-0.2, -0.15) is 5.26 Å². The lowest BCUT2D eigenvalue weighted by atomic mass is 10.1. The fourth-order valence-electron chi connectivity index (χ4n) is 2.75. The summed E-state index contributed by atoms with van der Waals surface area (Å²) in [5.41, 5.74) is 1.34. The molecule has 0 saturated heterocycles. The molecule has 4 rings (SSSR count). The number of hydrogen-bond acceptors (Lipinski definition) is 6. The maximum atomic E-state index is 13.9. The summed E-state index contributed by atoms with van der Waals surface area (Å²) in [5, 5.41) is 8.77. The highest BCUT2D eigenvalue weighted by Gasteiger charge is 2.16. The topological polar surface area (TPSA) is 68.5 Å². The molecule has 0 aliphatic carbocycles. The van der Waals surface area contributed by atoms with E-state index in [9.17, 15) is 9.18 Å². The molecule has 1 aliphatic heterocycles. The number of halogens is 1. The second kappa shape index (κ2) is 7.71. The molecule has 1 aliphatic rings. The molecule has 0 fully saturated rings. The molecular formula is C21H14FNO4S. The second-order valence-electron chi connectivity index (χ2n) is 6.02. The molecule has 0 saturated carbocycles. The fourth-order valence-corrected chi connectivity index (χ4v) is 3.64. The SMILES string of the molecule is N#Cc1ccc(COC(=O)c2ccc(-c3ccc4c(c3)OCCO4)s2)c(F)c1. The van der Waals surface area contributed by atoms with Crippen molar-refractivity contribution in [2.24, 2.45) is 0 Å². The third-order valence-corrected chi connectivity index (χ3v) is 5.29. The van der Waals surface area contributed by atoms with Gasteiger partial charge in [0.15, 0.2) is 11.5 Å². The van der Waals surface area contributed by atoms with E-state index in [0.29, 0.717) is 29.6 Å². The van der Waals surface area contributed by atoms with Gasteiger partial charge < -0.3 is 14.2 Å². The number of fused-ring (bicyclic) bond motifs is 1. The molecule has 2 aromatic carbocycles. The Kier molecular flexibility index (Phi) is 4.96. The summed E-state index contributed by atoms with van der Waals surface area (Å²) in [6, 6.07) is 15.0. The lowest BCUT2D eigenvalue weighted by Crippen LogP contribution is -2.15. The normalized spacial score (nSPS) is 12.3. The van der Waals surface area contributed by atoms with Crippen molar-refractivity contribution in [3.05, 3.63) is 70.4 Å². The van der Waals surface area contributed by atoms with E-state index in [1.54, 1.807) is 6.07 Å². The van der Waals surface area contributed by atoms with E-state index in [4.69, 9.17) is 19.5 Å². The van der Waals surface area contributed by atoms with Gasteiger partial charge in [0.2, 0.25) is 0 Å². The third kappa shape index (κ3) is 3.68. The van der Waals surface area contributed by atoms with E-state index in [1.165, 1.54) is 23.5 Å². The first-order chi connectivity index (χ1) is 13.6. The van der Waals surface area contributed by atoms with Gasteiger partial charge in [0.25, 0.3) is 0 Å². The zero-order valence-electron chi connectivity index (χ0n) is 14.6. The minimum atomic E-state index is -0.574. The van der Waals surface area contributed by atoms with E-state index in [-0.39, 0.29) is 17.7 Å². The Hall–Kier alpha value is -3.37. The van der Waals surface area contributed by atoms with Gasteiger partial charge in [-0.1, -0.05) is 6.07 Å². The molecule has 3 aromatic rings. The van der Waals surface area contributed by atoms with Crippen LogP contribution in [0.4, 0.5) is 4.39 Å². The van der Waals surface area contributed by atoms with E-state index < -0.39 is 11.8 Å². The highest BCUT2D eigenvalue weighted by Crippen LogP contribution is 2.37. The van der Waals surface area contributed by atoms with Crippen LogP contribution in [0.2, 0.25) is 0 Å². The summed E-state index contributed by atoms with van der Waals surface area (Å²) in [5.74, 6) is 0.278. The lowest BCUT2D eigenvalue weighted by Gasteiger charge is -2.18. The number of nitrogens with zero attached hydrogens (tertiary/aromatic N) is 1. The standard InChI is InChI=1S/C21H14FNO4S/c22-16-9-13(11-23)1-2-15(16)12-27-21(24)20-6-5-19(28-20)14-3-4-17-18(10-14)26-8-7-25-17/h1-6,9-10H,7-8,12H2. The fraction of sp³-hybridized carbons (Fsp3) is 0.143. The molecule has 140 valence electrons. The first-order valence-electron chi connectivity index (χ1n) is 8.49. The Bertz CT molecular complexity index is 1090. The number of hydrogen-bond donors (Lipinski definition) is 0. The Morgan fingerprint density at radius 3 is 2.71 bits per heavy atom. The quantitative estimate of drug-likeness (QED) is 0.606. The minimum absolute atomic E-state index is 0.201. The maximum absolute atomic E-state index is 13.9. The molecule has 0 radical (unpaired) electrons. The zero-order valence-corrected chi connectivity index (χ0v) is 15.4. The number of nitriles is 1. The van der Waals surface area contributed by atoms with Gasteiger partial charge in [-0.25, -0.2) is 9.18 Å². The van der Waals surface area contributed by atoms with Crippen molar-refractivity contribution in [3.8, 4) is 28.0 Å². The molecule has 1 aromatic heterocycles. The molecule has 0 spiro atoms. The van der Waals surface area contributed by atoms with Crippen LogP contribution < -0.4 is 9.47 Å². The van der Waals surface area contributed by atoms with Crippen LogP contribution in [0.25, 0.3) is 10.4 Å². The summed E-state index contributed by atoms with van der Waals surface area (Å²) in [6.07, 6.45) is 0. The Morgan fingerprint density at radius 1 is 1.11 bits per heavy atom. The highest BCUT2D eigenvalue weighted by molar-refractivity contribution is 7.17. The lowest BCUT2D eigenvalue weighted by molar-refractivity contribution is 0.0475. The second-order valence-corrected chi connectivity index (χ2v) is 7.10. The third-order valence-electron chi connectivity index (χ3n) is 4.17. The van der Waals surface area contributed by atoms with Crippen LogP contribution in [0.3, 0.4) is 0 Å². The van der Waals surface area contributed by atoms with Crippen molar-refractivity contribution in [2.75, 3.05) is 13.2 Å². The van der Waals surface area contributed by atoms with Gasteiger partial charge in [0.1, 0.15) is 30.5 Å². The van der Waals surface area contributed by atoms with Gasteiger partial charge in [-0.05, 0) is 48.0 Å². The molecular weight excluding hydrogens is 381 g/mol. The molecule has 2 heterocycles. The molecule has 0 N–H and O–H groups in total. The van der Waals surface area contributed by atoms with E-state index in [0.717, 1.165) is 16.5 Å². The molecule has 0 unspecified atom stereocenters. The minimum Gasteiger partial charge on any atom is -0.486 e. The maximum Gasteiger partial charge on any atom is 0.348 e. The molecule has 5 nitrogen and oxygen atoms in total. The molecule has 0 atom stereocenters. The number of carbonyl (C=O) groups is 1. The monoisotopic (exact) mass is 395 g/mol. The van der Waals surface area contributed by atoms with Crippen molar-refractivity contribution in [2.45, 2.75) is 6.61 Å². The molecule has 0 bridgehead atoms. The van der Waals surface area contributed by atoms with Crippen LogP contribution in [-0.4, -0.2) is 19.2 Å². The summed E-state index contributed by atoms with van der Waals surface area (Å²) < 4.78 is 30.2. The van der Waals surface area contributed by atoms with Gasteiger partial charge in [-0.15, -0.1) is 11.3 Å². The number of carbonyl (C=O) groups excluding carboxylic acids is 1. The zero-order chi connectivity index (χ0) is 19.5. The van der Waals surface area contributed by atoms with Gasteiger partial charge in [-0.3, -0.25) is 0 Å². The predicted molar refractivity (Wildman–Crippen MR) is 101 cm³/mol. The summed E-state index contributed by atoms with van der Waals surface area (Å²) in [4.78, 5) is 13.6. The predicted octanol–water partition coefficient (Wildman–Crippen LogP) is 4.55. The number of ether oxygens (including phenoxy) is 3. The first kappa shape index (κ1) is 18.0. The van der Waals surface area contributed by atoms with Gasteiger partial charge in [0.05, 0.1) is 11.6 Å². The summed E-state index contributed by atoms with van der Waals surface area (Å²) >= 11 is 1.28. The van der Waals surface area contributed by atoms with Gasteiger partial charge in [0, 0.05) is 10.4 Å². The first-order valence-corrected chi connectivity index (χ1v) is 9.31. The molecule has 7 heteroatoms. The Labute approximate surface area is 164 Å². The average molecular weight is 395 g/mol. The number of thiophene rings is 1. The van der Waals surface area contributed by atoms with E-state index >= 15 is 0 Å². The molecule has 28 heavy (non-hydrogen) atoms. The average Bonchev–Trinajstić information content (AvgIpc) is 3.22. The Balaban J connectivity index is 1.45. The number of rotatable bonds is 4. The van der Waals surface area contributed by atoms with Crippen molar-refractivity contribution in [1.82, 2.24) is 0 Å². The van der Waals surface area contributed by atoms with Crippen molar-refractivity contribution in [1.29, 1.82) is 5.26 Å². The van der Waals surface area contributed by atoms with Crippen molar-refractivity contribution < 1.29 is 23.4 Å². The van der Waals surface area contributed by atoms with Crippen LogP contribution in [0.15, 0.2) is 48.5 Å².